The zero-order valence-corrected chi connectivity index (χ0v) is 40.9. The van der Waals surface area contributed by atoms with Gasteiger partial charge in [-0.1, -0.05) is 234 Å². The van der Waals surface area contributed by atoms with E-state index in [1.54, 1.807) is 0 Å². The van der Waals surface area contributed by atoms with Gasteiger partial charge in [0.1, 0.15) is 6.10 Å². The molecule has 3 unspecified atom stereocenters. The predicted octanol–water partition coefficient (Wildman–Crippen LogP) is 15.7. The van der Waals surface area contributed by atoms with Crippen molar-refractivity contribution in [2.75, 3.05) is 6.61 Å². The van der Waals surface area contributed by atoms with E-state index in [1.165, 1.54) is 77.0 Å². The first kappa shape index (κ1) is 59.8. The number of nitrogens with one attached hydrogen (secondary N) is 1. The molecule has 0 aliphatic heterocycles. The van der Waals surface area contributed by atoms with Gasteiger partial charge in [0.05, 0.1) is 25.2 Å². The molecule has 0 fully saturated rings. The largest absolute Gasteiger partial charge is 0.462 e. The van der Waals surface area contributed by atoms with Crippen LogP contribution in [0.25, 0.3) is 0 Å². The fourth-order valence-electron chi connectivity index (χ4n) is 7.36. The minimum atomic E-state index is -0.808. The van der Waals surface area contributed by atoms with E-state index >= 15 is 0 Å². The van der Waals surface area contributed by atoms with Crippen LogP contribution in [-0.2, 0) is 14.3 Å². The second-order valence-electron chi connectivity index (χ2n) is 17.3. The van der Waals surface area contributed by atoms with Crippen LogP contribution in [-0.4, -0.2) is 46.9 Å². The number of carbonyl (C=O) groups excluding carboxylic acids is 2. The zero-order chi connectivity index (χ0) is 45.9. The number of allylic oxidation sites excluding steroid dienone is 16. The Bertz CT molecular complexity index is 1260. The van der Waals surface area contributed by atoms with E-state index in [2.05, 4.69) is 99.0 Å². The highest BCUT2D eigenvalue weighted by molar-refractivity contribution is 5.77. The average molecular weight is 876 g/mol. The lowest BCUT2D eigenvalue weighted by atomic mass is 10.0. The summed E-state index contributed by atoms with van der Waals surface area (Å²) in [5.41, 5.74) is 0. The molecule has 0 aliphatic carbocycles. The highest BCUT2D eigenvalue weighted by Gasteiger charge is 2.24. The number of ether oxygens (including phenoxy) is 1. The van der Waals surface area contributed by atoms with Crippen molar-refractivity contribution >= 4 is 11.9 Å². The Hall–Kier alpha value is -3.22. The topological polar surface area (TPSA) is 95.9 Å². The van der Waals surface area contributed by atoms with Gasteiger partial charge in [0.2, 0.25) is 5.91 Å². The second kappa shape index (κ2) is 49.8. The Kier molecular flexibility index (Phi) is 47.2. The average Bonchev–Trinajstić information content (AvgIpc) is 3.28. The number of hydrogen-bond donors (Lipinski definition) is 3. The maximum atomic E-state index is 13.2. The number of unbranched alkanes of at least 4 members (excludes halogenated alkanes) is 21. The van der Waals surface area contributed by atoms with Crippen LogP contribution in [0.2, 0.25) is 0 Å². The fourth-order valence-corrected chi connectivity index (χ4v) is 7.36. The van der Waals surface area contributed by atoms with Gasteiger partial charge in [-0.05, 0) is 77.0 Å². The van der Waals surface area contributed by atoms with E-state index in [-0.39, 0.29) is 24.9 Å². The quantitative estimate of drug-likeness (QED) is 0.0245. The fraction of sp³-hybridized carbons (Fsp3) is 0.684. The van der Waals surface area contributed by atoms with Gasteiger partial charge in [-0.2, -0.15) is 0 Å². The van der Waals surface area contributed by atoms with Crippen LogP contribution in [0.5, 0.6) is 0 Å². The predicted molar refractivity (Wildman–Crippen MR) is 273 cm³/mol. The van der Waals surface area contributed by atoms with Gasteiger partial charge in [0.15, 0.2) is 0 Å². The molecule has 0 saturated carbocycles. The van der Waals surface area contributed by atoms with E-state index in [1.807, 2.05) is 24.3 Å². The van der Waals surface area contributed by atoms with Crippen molar-refractivity contribution in [3.05, 3.63) is 97.2 Å². The molecule has 0 radical (unpaired) electrons. The Balaban J connectivity index is 4.65. The number of hydrogen-bond acceptors (Lipinski definition) is 5. The zero-order valence-electron chi connectivity index (χ0n) is 40.9. The smallest absolute Gasteiger partial charge is 0.306 e. The summed E-state index contributed by atoms with van der Waals surface area (Å²) in [6.07, 6.45) is 66.0. The maximum Gasteiger partial charge on any atom is 0.306 e. The number of esters is 1. The van der Waals surface area contributed by atoms with Gasteiger partial charge in [0, 0.05) is 6.42 Å². The lowest BCUT2D eigenvalue weighted by Crippen LogP contribution is -2.46. The Labute approximate surface area is 388 Å². The Morgan fingerprint density at radius 3 is 1.52 bits per heavy atom. The third-order valence-electron chi connectivity index (χ3n) is 11.3. The van der Waals surface area contributed by atoms with E-state index in [0.29, 0.717) is 19.3 Å². The van der Waals surface area contributed by atoms with Gasteiger partial charge < -0.3 is 20.3 Å². The summed E-state index contributed by atoms with van der Waals surface area (Å²) >= 11 is 0. The lowest BCUT2D eigenvalue weighted by Gasteiger charge is -2.24. The molecule has 0 aromatic heterocycles. The van der Waals surface area contributed by atoms with Crippen molar-refractivity contribution in [1.82, 2.24) is 5.32 Å². The molecular weight excluding hydrogens is 779 g/mol. The highest BCUT2D eigenvalue weighted by Crippen LogP contribution is 2.17. The van der Waals surface area contributed by atoms with Crippen molar-refractivity contribution in [2.45, 2.75) is 244 Å². The van der Waals surface area contributed by atoms with Gasteiger partial charge in [-0.25, -0.2) is 0 Å². The van der Waals surface area contributed by atoms with Crippen LogP contribution in [0.1, 0.15) is 226 Å². The molecule has 6 heteroatoms. The minimum Gasteiger partial charge on any atom is -0.462 e. The summed E-state index contributed by atoms with van der Waals surface area (Å²) in [5.74, 6) is -0.548. The SMILES string of the molecule is CC/C=C/C/C=C/C/C=C/CCCCC(CC(=O)NC(CO)C(O)CCCCCCCCCCCCCCCC)OC(=O)CCCCCCC/C=C/C=C/C=C/C=C/C=C/CCC. The highest BCUT2D eigenvalue weighted by atomic mass is 16.5. The number of aliphatic hydroxyl groups excluding tert-OH is 2. The van der Waals surface area contributed by atoms with Crippen molar-refractivity contribution < 1.29 is 24.5 Å². The molecule has 0 aliphatic rings. The monoisotopic (exact) mass is 876 g/mol. The summed E-state index contributed by atoms with van der Waals surface area (Å²) in [4.78, 5) is 26.1. The number of amides is 1. The van der Waals surface area contributed by atoms with Gasteiger partial charge in [-0.3, -0.25) is 9.59 Å². The molecule has 0 heterocycles. The third kappa shape index (κ3) is 45.2. The van der Waals surface area contributed by atoms with Gasteiger partial charge in [-0.15, -0.1) is 0 Å². The maximum absolute atomic E-state index is 13.2. The van der Waals surface area contributed by atoms with E-state index < -0.39 is 18.2 Å². The first-order valence-corrected chi connectivity index (χ1v) is 26.0. The van der Waals surface area contributed by atoms with Gasteiger partial charge in [0.25, 0.3) is 0 Å². The molecule has 0 aromatic carbocycles. The van der Waals surface area contributed by atoms with Crippen LogP contribution in [0, 0.1) is 0 Å². The lowest BCUT2D eigenvalue weighted by molar-refractivity contribution is -0.151. The summed E-state index contributed by atoms with van der Waals surface area (Å²) < 4.78 is 5.90. The third-order valence-corrected chi connectivity index (χ3v) is 11.3. The van der Waals surface area contributed by atoms with E-state index in [0.717, 1.165) is 103 Å². The van der Waals surface area contributed by atoms with Crippen molar-refractivity contribution in [2.24, 2.45) is 0 Å². The van der Waals surface area contributed by atoms with Crippen LogP contribution >= 0.6 is 0 Å². The molecule has 6 nitrogen and oxygen atoms in total. The van der Waals surface area contributed by atoms with Gasteiger partial charge >= 0.3 is 5.97 Å². The molecular formula is C57H97NO5. The molecule has 360 valence electrons. The van der Waals surface area contributed by atoms with E-state index in [4.69, 9.17) is 4.74 Å². The molecule has 3 atom stereocenters. The normalized spacial score (nSPS) is 14.0. The summed E-state index contributed by atoms with van der Waals surface area (Å²) in [7, 11) is 0. The summed E-state index contributed by atoms with van der Waals surface area (Å²) in [6.45, 7) is 6.26. The molecule has 0 spiro atoms. The van der Waals surface area contributed by atoms with Crippen molar-refractivity contribution in [3.8, 4) is 0 Å². The molecule has 1 amide bonds. The standard InChI is InChI=1S/C57H97NO5/c1-4-7-10-13-16-19-22-25-27-28-29-30-32-35-38-41-44-47-50-57(62)63-53(48-45-42-39-36-33-24-21-18-15-12-9-6-3)51-56(61)58-54(52-59)55(60)49-46-43-40-37-34-31-26-23-20-17-14-11-8-5-2/h9-10,12-13,16,18-19,21-22,25,27-30,33,36,53-55,59-60H,4-8,11,14-15,17,20,23-24,26,31-32,34-35,37-52H2,1-3H3,(H,58,61)/b12-9+,13-10+,19-16+,21-18+,25-22+,28-27+,30-29+,36-33+. The van der Waals surface area contributed by atoms with Crippen molar-refractivity contribution in [1.29, 1.82) is 0 Å². The molecule has 63 heavy (non-hydrogen) atoms. The Morgan fingerprint density at radius 1 is 0.492 bits per heavy atom. The molecule has 0 aromatic rings. The van der Waals surface area contributed by atoms with E-state index in [9.17, 15) is 19.8 Å². The molecule has 0 saturated heterocycles. The molecule has 3 N–H and O–H groups in total. The van der Waals surface area contributed by atoms with Crippen molar-refractivity contribution in [3.63, 3.8) is 0 Å². The summed E-state index contributed by atoms with van der Waals surface area (Å²) in [6, 6.07) is -0.725. The number of aliphatic hydroxyl groups is 2. The summed E-state index contributed by atoms with van der Waals surface area (Å²) in [5, 5.41) is 23.8. The van der Waals surface area contributed by atoms with Crippen LogP contribution < -0.4 is 5.32 Å². The first-order valence-electron chi connectivity index (χ1n) is 26.0. The van der Waals surface area contributed by atoms with Crippen LogP contribution in [0.15, 0.2) is 97.2 Å². The minimum absolute atomic E-state index is 0.0354. The molecule has 0 rings (SSSR count). The molecule has 0 bridgehead atoms. The second-order valence-corrected chi connectivity index (χ2v) is 17.3. The number of carbonyl (C=O) groups is 2. The number of rotatable bonds is 45. The van der Waals surface area contributed by atoms with Crippen LogP contribution in [0.3, 0.4) is 0 Å². The Morgan fingerprint density at radius 2 is 0.952 bits per heavy atom. The first-order chi connectivity index (χ1) is 31.0. The van der Waals surface area contributed by atoms with Crippen LogP contribution in [0.4, 0.5) is 0 Å².